The smallest absolute Gasteiger partial charge is 0.397 e. The average Bonchev–Trinajstić information content (AvgIpc) is 3.19. The molecule has 2 saturated heterocycles. The van der Waals surface area contributed by atoms with Crippen LogP contribution in [0.3, 0.4) is 0 Å². The third-order valence-electron chi connectivity index (χ3n) is 17.9. The Morgan fingerprint density at radius 2 is 1.45 bits per heavy atom. The molecule has 0 aromatic rings. The van der Waals surface area contributed by atoms with E-state index in [4.69, 9.17) is 23.1 Å². The Labute approximate surface area is 361 Å². The highest BCUT2D eigenvalue weighted by Gasteiger charge is 2.72. The van der Waals surface area contributed by atoms with Crippen LogP contribution in [0.5, 0.6) is 0 Å². The first-order valence-corrected chi connectivity index (χ1v) is 23.2. The van der Waals surface area contributed by atoms with Crippen molar-refractivity contribution in [2.24, 2.45) is 50.7 Å². The van der Waals surface area contributed by atoms with Crippen molar-refractivity contribution in [3.8, 4) is 0 Å². The number of carbonyl (C=O) groups is 2. The lowest BCUT2D eigenvalue weighted by atomic mass is 9.33. The number of aliphatic hydroxyl groups is 8. The molecule has 0 aromatic carbocycles. The second kappa shape index (κ2) is 16.2. The summed E-state index contributed by atoms with van der Waals surface area (Å²) in [5.74, 6) is -3.71. The Balaban J connectivity index is 1.23. The summed E-state index contributed by atoms with van der Waals surface area (Å²) in [5.41, 5.74) is -4.59. The van der Waals surface area contributed by atoms with E-state index >= 15 is 0 Å². The number of hydrogen-bond donors (Lipinski definition) is 10. The van der Waals surface area contributed by atoms with Gasteiger partial charge in [0.25, 0.3) is 0 Å². The first-order valence-electron chi connectivity index (χ1n) is 21.8. The number of carbonyl (C=O) groups excluding carboxylic acids is 1. The summed E-state index contributed by atoms with van der Waals surface area (Å²) in [6.45, 7) is 10.7. The second-order valence-corrected chi connectivity index (χ2v) is 21.8. The Hall–Kier alpha value is -1.89. The minimum atomic E-state index is -4.96. The molecule has 0 amide bonds. The van der Waals surface area contributed by atoms with Crippen molar-refractivity contribution in [2.75, 3.05) is 13.2 Å². The minimum absolute atomic E-state index is 0.0714. The molecule has 2 aliphatic heterocycles. The number of carboxylic acids is 1. The molecule has 0 spiro atoms. The topological polar surface area (TPSA) is 317 Å². The molecule has 7 rings (SSSR count). The number of hydrogen-bond acceptors (Lipinski definition) is 17. The molecule has 5 aliphatic carbocycles. The zero-order valence-corrected chi connectivity index (χ0v) is 36.9. The fraction of sp³-hybridized carbons (Fsp3) is 0.905. The van der Waals surface area contributed by atoms with E-state index in [1.807, 2.05) is 6.92 Å². The fourth-order valence-electron chi connectivity index (χ4n) is 14.0. The number of rotatable bonds is 9. The monoisotopic (exact) mass is 906 g/mol. The molecule has 6 fully saturated rings. The van der Waals surface area contributed by atoms with Crippen molar-refractivity contribution in [1.29, 1.82) is 0 Å². The number of carboxylic acid groups (broad SMARTS) is 1. The van der Waals surface area contributed by atoms with Gasteiger partial charge in [-0.25, -0.2) is 8.98 Å². The van der Waals surface area contributed by atoms with Crippen LogP contribution in [0, 0.1) is 50.7 Å². The predicted octanol–water partition coefficient (Wildman–Crippen LogP) is 0.179. The van der Waals surface area contributed by atoms with Crippen LogP contribution in [0.1, 0.15) is 99.3 Å². The molecule has 62 heavy (non-hydrogen) atoms. The van der Waals surface area contributed by atoms with Crippen molar-refractivity contribution in [2.45, 2.75) is 172 Å². The molecule has 21 unspecified atom stereocenters. The summed E-state index contributed by atoms with van der Waals surface area (Å²) in [4.78, 5) is 26.6. The van der Waals surface area contributed by atoms with Crippen LogP contribution in [-0.2, 0) is 43.1 Å². The number of aliphatic carboxylic acids is 1. The van der Waals surface area contributed by atoms with Gasteiger partial charge in [-0.15, -0.1) is 0 Å². The van der Waals surface area contributed by atoms with Crippen molar-refractivity contribution < 1.29 is 91.6 Å². The van der Waals surface area contributed by atoms with E-state index in [1.165, 1.54) is 0 Å². The minimum Gasteiger partial charge on any atom is -0.479 e. The molecule has 10 N–H and O–H groups in total. The first kappa shape index (κ1) is 48.1. The van der Waals surface area contributed by atoms with Gasteiger partial charge in [-0.3, -0.25) is 9.35 Å². The molecule has 19 nitrogen and oxygen atoms in total. The van der Waals surface area contributed by atoms with Gasteiger partial charge >= 0.3 is 22.3 Å². The van der Waals surface area contributed by atoms with E-state index in [0.717, 1.165) is 5.57 Å². The van der Waals surface area contributed by atoms with Gasteiger partial charge in [-0.1, -0.05) is 46.3 Å². The summed E-state index contributed by atoms with van der Waals surface area (Å²) in [6.07, 6.45) is -12.4. The van der Waals surface area contributed by atoms with Crippen molar-refractivity contribution in [1.82, 2.24) is 0 Å². The van der Waals surface area contributed by atoms with Crippen molar-refractivity contribution in [3.05, 3.63) is 11.6 Å². The lowest BCUT2D eigenvalue weighted by molar-refractivity contribution is -0.327. The largest absolute Gasteiger partial charge is 0.479 e. The number of esters is 1. The summed E-state index contributed by atoms with van der Waals surface area (Å²) >= 11 is 0. The molecule has 4 saturated carbocycles. The highest BCUT2D eigenvalue weighted by Crippen LogP contribution is 2.76. The normalized spacial score (nSPS) is 53.0. The van der Waals surface area contributed by atoms with Crippen molar-refractivity contribution in [3.63, 3.8) is 0 Å². The quantitative estimate of drug-likeness (QED) is 0.0639. The molecular weight excluding hydrogens is 841 g/mol. The van der Waals surface area contributed by atoms with Gasteiger partial charge in [0.2, 0.25) is 6.29 Å². The Morgan fingerprint density at radius 3 is 2.08 bits per heavy atom. The second-order valence-electron chi connectivity index (χ2n) is 20.7. The van der Waals surface area contributed by atoms with Crippen LogP contribution < -0.4 is 0 Å². The fourth-order valence-corrected chi connectivity index (χ4v) is 14.4. The van der Waals surface area contributed by atoms with Gasteiger partial charge in [0.05, 0.1) is 30.3 Å². The number of aliphatic hydroxyl groups excluding tert-OH is 7. The molecular formula is C42H66O19S. The number of ether oxygens (including phenoxy) is 4. The lowest BCUT2D eigenvalue weighted by Gasteiger charge is -2.72. The number of allylic oxidation sites excluding steroid dienone is 1. The van der Waals surface area contributed by atoms with Gasteiger partial charge < -0.3 is 64.9 Å². The third-order valence-corrected chi connectivity index (χ3v) is 18.3. The van der Waals surface area contributed by atoms with Gasteiger partial charge in [0.1, 0.15) is 42.7 Å². The first-order chi connectivity index (χ1) is 28.6. The highest BCUT2D eigenvalue weighted by atomic mass is 32.3. The summed E-state index contributed by atoms with van der Waals surface area (Å²) in [7, 11) is -4.96. The summed E-state index contributed by atoms with van der Waals surface area (Å²) in [5, 5.41) is 95.4. The number of fused-ring (bicyclic) bond motifs is 7. The molecule has 0 radical (unpaired) electrons. The van der Waals surface area contributed by atoms with E-state index in [2.05, 4.69) is 26.8 Å². The SMILES string of the molecule is CC1CCC2(C(=O)OC3OC(CO)C(O)C(O)C3O)CCC3(C)C(=CCC4C5(C)CCC(OC6OC(C(=O)O)C(O)C(O)C6O)C(C)(COS(=O)(=O)O)C5CCC43C)C2C1(C)O. The van der Waals surface area contributed by atoms with Gasteiger partial charge in [-0.2, -0.15) is 8.42 Å². The van der Waals surface area contributed by atoms with E-state index < -0.39 is 142 Å². The summed E-state index contributed by atoms with van der Waals surface area (Å²) in [6, 6.07) is 0. The zero-order chi connectivity index (χ0) is 45.9. The molecule has 0 bridgehead atoms. The van der Waals surface area contributed by atoms with Crippen LogP contribution in [0.2, 0.25) is 0 Å². The molecule has 0 aromatic heterocycles. The lowest BCUT2D eigenvalue weighted by Crippen LogP contribution is -2.69. The predicted molar refractivity (Wildman–Crippen MR) is 211 cm³/mol. The van der Waals surface area contributed by atoms with Gasteiger partial charge in [0, 0.05) is 11.3 Å². The Kier molecular flexibility index (Phi) is 12.5. The van der Waals surface area contributed by atoms with Crippen LogP contribution in [0.4, 0.5) is 0 Å². The molecule has 2 heterocycles. The molecule has 21 atom stereocenters. The Bertz CT molecular complexity index is 1880. The maximum Gasteiger partial charge on any atom is 0.397 e. The summed E-state index contributed by atoms with van der Waals surface area (Å²) < 4.78 is 62.4. The molecule has 7 aliphatic rings. The van der Waals surface area contributed by atoms with E-state index in [-0.39, 0.29) is 24.2 Å². The van der Waals surface area contributed by atoms with Gasteiger partial charge in [-0.05, 0) is 98.7 Å². The van der Waals surface area contributed by atoms with Crippen LogP contribution in [0.15, 0.2) is 11.6 Å². The van der Waals surface area contributed by atoms with Gasteiger partial charge in [0.15, 0.2) is 12.4 Å². The van der Waals surface area contributed by atoms with E-state index in [0.29, 0.717) is 51.4 Å². The Morgan fingerprint density at radius 1 is 0.806 bits per heavy atom. The van der Waals surface area contributed by atoms with Crippen LogP contribution in [0.25, 0.3) is 0 Å². The average molecular weight is 907 g/mol. The maximum absolute atomic E-state index is 14.7. The highest BCUT2D eigenvalue weighted by molar-refractivity contribution is 7.80. The zero-order valence-electron chi connectivity index (χ0n) is 36.1. The van der Waals surface area contributed by atoms with E-state index in [9.17, 15) is 68.5 Å². The molecule has 20 heteroatoms. The van der Waals surface area contributed by atoms with E-state index in [1.54, 1.807) is 13.8 Å². The van der Waals surface area contributed by atoms with Crippen LogP contribution >= 0.6 is 0 Å². The molecule has 354 valence electrons. The standard InChI is InChI=1S/C42H66O19S/c1-19-9-14-42(36(52)61-34-29(48)26(45)25(44)21(17-43)58-34)16-15-39(4)20(32(42)41(19,6)53)7-8-23-37(2)12-11-24(59-35-30(49)27(46)28(47)31(60-35)33(50)51)38(3,18-57-62(54,55)56)22(37)10-13-40(23,39)5/h7,19,21-32,34-35,43-49,53H,8-18H2,1-6H3,(H,50,51)(H,54,55,56). The maximum atomic E-state index is 14.7. The van der Waals surface area contributed by atoms with Crippen LogP contribution in [-0.4, -0.2) is 157 Å². The third kappa shape index (κ3) is 7.21. The van der Waals surface area contributed by atoms with Crippen molar-refractivity contribution >= 4 is 22.3 Å².